The number of aromatic nitrogens is 2. The first-order valence-corrected chi connectivity index (χ1v) is 13.6. The van der Waals surface area contributed by atoms with E-state index in [9.17, 15) is 9.90 Å². The molecule has 9 heteroatoms. The molecule has 1 amide bonds. The number of amides is 1. The first kappa shape index (κ1) is 24.9. The largest absolute Gasteiger partial charge is 0.390 e. The second kappa shape index (κ2) is 12.5. The van der Waals surface area contributed by atoms with Gasteiger partial charge in [-0.1, -0.05) is 24.3 Å². The molecular weight excluding hydrogens is 448 g/mol. The Morgan fingerprint density at radius 3 is 2.76 bits per heavy atom. The molecule has 2 aliphatic heterocycles. The van der Waals surface area contributed by atoms with E-state index in [2.05, 4.69) is 60.9 Å². The summed E-state index contributed by atoms with van der Waals surface area (Å²) in [5.74, 6) is 1.55. The average molecular weight is 485 g/mol. The molecule has 1 aromatic carbocycles. The first-order valence-electron chi connectivity index (χ1n) is 12.2. The van der Waals surface area contributed by atoms with Crippen molar-refractivity contribution in [3.8, 4) is 0 Å². The maximum atomic E-state index is 12.6. The number of carbonyl (C=O) groups excluding carboxylic acids is 1. The lowest BCUT2D eigenvalue weighted by atomic mass is 10.00. The minimum Gasteiger partial charge on any atom is -0.390 e. The summed E-state index contributed by atoms with van der Waals surface area (Å²) in [5, 5.41) is 16.8. The molecule has 1 saturated heterocycles. The highest BCUT2D eigenvalue weighted by Crippen LogP contribution is 2.19. The predicted molar refractivity (Wildman–Crippen MR) is 137 cm³/mol. The zero-order valence-electron chi connectivity index (χ0n) is 19.9. The van der Waals surface area contributed by atoms with Crippen molar-refractivity contribution in [1.82, 2.24) is 25.1 Å². The Hall–Kier alpha value is -2.20. The van der Waals surface area contributed by atoms with Gasteiger partial charge in [0.05, 0.1) is 6.10 Å². The van der Waals surface area contributed by atoms with Crippen molar-refractivity contribution >= 4 is 23.5 Å². The second-order valence-corrected chi connectivity index (χ2v) is 10.1. The number of aliphatic hydroxyl groups excluding tert-OH is 1. The van der Waals surface area contributed by atoms with Gasteiger partial charge < -0.3 is 20.6 Å². The molecular formula is C25H36N6O2S. The van der Waals surface area contributed by atoms with Gasteiger partial charge in [0.15, 0.2) is 0 Å². The molecule has 0 radical (unpaired) electrons. The van der Waals surface area contributed by atoms with Crippen LogP contribution in [0.2, 0.25) is 0 Å². The molecule has 4 rings (SSSR count). The molecule has 8 nitrogen and oxygen atoms in total. The highest BCUT2D eigenvalue weighted by molar-refractivity contribution is 7.98. The quantitative estimate of drug-likeness (QED) is 0.471. The number of piperidine rings is 1. The first-order chi connectivity index (χ1) is 16.6. The van der Waals surface area contributed by atoms with Gasteiger partial charge in [0, 0.05) is 63.7 Å². The van der Waals surface area contributed by atoms with Crippen LogP contribution in [0.4, 0.5) is 5.82 Å². The Morgan fingerprint density at radius 1 is 1.18 bits per heavy atom. The zero-order valence-corrected chi connectivity index (χ0v) is 20.8. The molecule has 184 valence electrons. The number of nitrogens with zero attached hydrogens (tertiary/aromatic N) is 4. The van der Waals surface area contributed by atoms with Gasteiger partial charge >= 0.3 is 0 Å². The van der Waals surface area contributed by atoms with E-state index in [1.807, 2.05) is 11.8 Å². The average Bonchev–Trinajstić information content (AvgIpc) is 2.87. The summed E-state index contributed by atoms with van der Waals surface area (Å²) in [4.78, 5) is 25.8. The lowest BCUT2D eigenvalue weighted by molar-refractivity contribution is 0.0838. The fourth-order valence-corrected chi connectivity index (χ4v) is 5.11. The van der Waals surface area contributed by atoms with E-state index in [0.717, 1.165) is 52.0 Å². The van der Waals surface area contributed by atoms with Crippen molar-refractivity contribution in [2.45, 2.75) is 38.0 Å². The van der Waals surface area contributed by atoms with Crippen LogP contribution >= 0.6 is 11.8 Å². The Kier molecular flexibility index (Phi) is 9.15. The molecule has 0 unspecified atom stereocenters. The summed E-state index contributed by atoms with van der Waals surface area (Å²) in [6.45, 7) is 5.77. The van der Waals surface area contributed by atoms with E-state index in [4.69, 9.17) is 0 Å². The number of nitrogens with one attached hydrogen (secondary N) is 2. The van der Waals surface area contributed by atoms with E-state index in [-0.39, 0.29) is 12.5 Å². The summed E-state index contributed by atoms with van der Waals surface area (Å²) in [5.41, 5.74) is 3.02. The Bertz CT molecular complexity index is 937. The van der Waals surface area contributed by atoms with Crippen molar-refractivity contribution in [2.24, 2.45) is 0 Å². The molecule has 2 aliphatic rings. The minimum atomic E-state index is -0.634. The van der Waals surface area contributed by atoms with Crippen LogP contribution < -0.4 is 10.6 Å². The van der Waals surface area contributed by atoms with Gasteiger partial charge in [-0.3, -0.25) is 9.69 Å². The van der Waals surface area contributed by atoms with Crippen molar-refractivity contribution < 1.29 is 9.90 Å². The van der Waals surface area contributed by atoms with E-state index in [1.165, 1.54) is 23.2 Å². The number of β-amino-alcohol motifs (C(OH)–C–C–N with tert-alkyl or cyclic N) is 1. The van der Waals surface area contributed by atoms with Crippen LogP contribution in [0.3, 0.4) is 0 Å². The van der Waals surface area contributed by atoms with Crippen LogP contribution in [0.1, 0.15) is 34.5 Å². The Balaban J connectivity index is 1.20. The van der Waals surface area contributed by atoms with Crippen LogP contribution in [0.15, 0.2) is 36.7 Å². The van der Waals surface area contributed by atoms with E-state index in [0.29, 0.717) is 24.1 Å². The third-order valence-electron chi connectivity index (χ3n) is 6.63. The lowest BCUT2D eigenvalue weighted by Crippen LogP contribution is -2.42. The molecule has 3 N–H and O–H groups in total. The maximum absolute atomic E-state index is 12.6. The molecule has 0 bridgehead atoms. The number of rotatable bonds is 10. The lowest BCUT2D eigenvalue weighted by Gasteiger charge is -2.32. The van der Waals surface area contributed by atoms with Crippen LogP contribution in [0.5, 0.6) is 0 Å². The molecule has 3 heterocycles. The monoisotopic (exact) mass is 484 g/mol. The van der Waals surface area contributed by atoms with Gasteiger partial charge in [0.1, 0.15) is 17.8 Å². The van der Waals surface area contributed by atoms with Crippen LogP contribution in [-0.2, 0) is 13.0 Å². The van der Waals surface area contributed by atoms with Gasteiger partial charge in [-0.05, 0) is 36.6 Å². The Labute approximate surface area is 206 Å². The van der Waals surface area contributed by atoms with E-state index in [1.54, 1.807) is 6.07 Å². The van der Waals surface area contributed by atoms with Gasteiger partial charge in [-0.2, -0.15) is 11.8 Å². The van der Waals surface area contributed by atoms with E-state index >= 15 is 0 Å². The fourth-order valence-electron chi connectivity index (χ4n) is 4.66. The number of carbonyl (C=O) groups is 1. The molecule has 34 heavy (non-hydrogen) atoms. The number of hydrogen-bond donors (Lipinski definition) is 3. The van der Waals surface area contributed by atoms with Gasteiger partial charge in [0.2, 0.25) is 0 Å². The third-order valence-corrected chi connectivity index (χ3v) is 7.22. The van der Waals surface area contributed by atoms with Crippen molar-refractivity contribution in [2.75, 3.05) is 56.6 Å². The Morgan fingerprint density at radius 2 is 1.97 bits per heavy atom. The molecule has 2 aromatic rings. The van der Waals surface area contributed by atoms with Crippen molar-refractivity contribution in [1.29, 1.82) is 0 Å². The zero-order chi connectivity index (χ0) is 23.8. The molecule has 0 saturated carbocycles. The van der Waals surface area contributed by atoms with E-state index < -0.39 is 6.10 Å². The second-order valence-electron chi connectivity index (χ2n) is 9.16. The topological polar surface area (TPSA) is 93.6 Å². The van der Waals surface area contributed by atoms with Gasteiger partial charge in [-0.15, -0.1) is 0 Å². The number of aliphatic hydroxyl groups is 1. The smallest absolute Gasteiger partial charge is 0.270 e. The van der Waals surface area contributed by atoms with Gasteiger partial charge in [0.25, 0.3) is 5.91 Å². The van der Waals surface area contributed by atoms with Crippen LogP contribution in [-0.4, -0.2) is 94.2 Å². The van der Waals surface area contributed by atoms with Crippen LogP contribution in [0.25, 0.3) is 0 Å². The van der Waals surface area contributed by atoms with Crippen LogP contribution in [0, 0.1) is 0 Å². The van der Waals surface area contributed by atoms with Gasteiger partial charge in [-0.25, -0.2) is 9.97 Å². The standard InChI is InChI=1S/C25H36N6O2S/c1-34-13-12-30-10-7-21(8-11-30)29-24-14-23(27-18-28-24)25(33)26-15-22(32)17-31-9-6-19-4-2-3-5-20(19)16-31/h2-5,14,18,21-22,32H,6-13,15-17H2,1H3,(H,26,33)(H,27,28,29)/t22-/m0/s1. The summed E-state index contributed by atoms with van der Waals surface area (Å²) in [7, 11) is 0. The summed E-state index contributed by atoms with van der Waals surface area (Å²) < 4.78 is 0. The highest BCUT2D eigenvalue weighted by atomic mass is 32.2. The number of anilines is 1. The summed E-state index contributed by atoms with van der Waals surface area (Å²) >= 11 is 1.88. The molecule has 0 aliphatic carbocycles. The third kappa shape index (κ3) is 7.15. The number of benzene rings is 1. The SMILES string of the molecule is CSCCN1CCC(Nc2cc(C(=O)NC[C@H](O)CN3CCc4ccccc4C3)ncn2)CC1. The fraction of sp³-hybridized carbons (Fsp3) is 0.560. The molecule has 1 fully saturated rings. The summed E-state index contributed by atoms with van der Waals surface area (Å²) in [6, 6.07) is 10.5. The predicted octanol–water partition coefficient (Wildman–Crippen LogP) is 1.86. The molecule has 0 spiro atoms. The van der Waals surface area contributed by atoms with Crippen molar-refractivity contribution in [3.63, 3.8) is 0 Å². The number of hydrogen-bond acceptors (Lipinski definition) is 8. The number of likely N-dealkylation sites (tertiary alicyclic amines) is 1. The minimum absolute atomic E-state index is 0.193. The summed E-state index contributed by atoms with van der Waals surface area (Å²) in [6.07, 6.45) is 6.05. The highest BCUT2D eigenvalue weighted by Gasteiger charge is 2.21. The molecule has 1 aromatic heterocycles. The molecule has 1 atom stereocenters. The van der Waals surface area contributed by atoms with Crippen molar-refractivity contribution in [3.05, 3.63) is 53.5 Å². The number of fused-ring (bicyclic) bond motifs is 1. The maximum Gasteiger partial charge on any atom is 0.270 e. The number of thioether (sulfide) groups is 1. The normalized spacial score (nSPS) is 18.3.